The third kappa shape index (κ3) is 2.49. The van der Waals surface area contributed by atoms with E-state index in [-0.39, 0.29) is 11.9 Å². The van der Waals surface area contributed by atoms with E-state index < -0.39 is 34.8 Å². The highest BCUT2D eigenvalue weighted by molar-refractivity contribution is 9.10. The van der Waals surface area contributed by atoms with Crippen molar-refractivity contribution in [2.45, 2.75) is 19.2 Å². The van der Waals surface area contributed by atoms with Crippen molar-refractivity contribution in [3.05, 3.63) is 27.5 Å². The number of hydrogen-bond donors (Lipinski definition) is 1. The van der Waals surface area contributed by atoms with Crippen molar-refractivity contribution in [1.82, 2.24) is 4.98 Å². The van der Waals surface area contributed by atoms with Gasteiger partial charge in [-0.3, -0.25) is 4.98 Å². The zero-order valence-electron chi connectivity index (χ0n) is 7.52. The number of nitrogens with zero attached hydrogens (tertiary/aromatic N) is 1. The van der Waals surface area contributed by atoms with Crippen molar-refractivity contribution in [3.8, 4) is 0 Å². The van der Waals surface area contributed by atoms with Crippen LogP contribution in [0.15, 0.2) is 10.7 Å². The lowest BCUT2D eigenvalue weighted by molar-refractivity contribution is -0.139. The van der Waals surface area contributed by atoms with Gasteiger partial charge in [0.15, 0.2) is 0 Å². The molecule has 0 aliphatic carbocycles. The second kappa shape index (κ2) is 4.62. The summed E-state index contributed by atoms with van der Waals surface area (Å²) >= 11 is 2.58. The number of alkyl halides is 5. The number of hydrogen-bond acceptors (Lipinski definition) is 2. The molecule has 0 fully saturated rings. The molecule has 1 aromatic heterocycles. The highest BCUT2D eigenvalue weighted by Crippen LogP contribution is 2.40. The number of aliphatic hydroxyl groups is 1. The first-order valence-corrected chi connectivity index (χ1v) is 4.71. The number of rotatable bonds is 2. The fourth-order valence-electron chi connectivity index (χ4n) is 1.09. The molecule has 1 heterocycles. The van der Waals surface area contributed by atoms with Gasteiger partial charge in [0.1, 0.15) is 0 Å². The minimum Gasteiger partial charge on any atom is -0.390 e. The molecular formula is C8H5BrF5NO. The van der Waals surface area contributed by atoms with E-state index in [1.54, 1.807) is 0 Å². The van der Waals surface area contributed by atoms with Crippen molar-refractivity contribution in [2.75, 3.05) is 0 Å². The van der Waals surface area contributed by atoms with Gasteiger partial charge in [0.05, 0.1) is 22.3 Å². The molecule has 0 saturated carbocycles. The van der Waals surface area contributed by atoms with Gasteiger partial charge in [0.2, 0.25) is 0 Å². The van der Waals surface area contributed by atoms with Crippen LogP contribution in [0.25, 0.3) is 0 Å². The quantitative estimate of drug-likeness (QED) is 0.851. The first kappa shape index (κ1) is 13.3. The topological polar surface area (TPSA) is 33.1 Å². The van der Waals surface area contributed by atoms with Gasteiger partial charge in [-0.15, -0.1) is 0 Å². The van der Waals surface area contributed by atoms with Gasteiger partial charge in [-0.2, -0.15) is 13.2 Å². The molecule has 1 N–H and O–H groups in total. The number of pyridine rings is 1. The van der Waals surface area contributed by atoms with Gasteiger partial charge in [-0.05, 0) is 15.9 Å². The molecule has 0 bridgehead atoms. The summed E-state index contributed by atoms with van der Waals surface area (Å²) in [4.78, 5) is 3.26. The summed E-state index contributed by atoms with van der Waals surface area (Å²) in [5.74, 6) is 0. The SMILES string of the molecule is OCc1ncc(C(F)(F)F)c(C(F)F)c1Br. The predicted molar refractivity (Wildman–Crippen MR) is 47.8 cm³/mol. The third-order valence-electron chi connectivity index (χ3n) is 1.80. The van der Waals surface area contributed by atoms with Crippen molar-refractivity contribution < 1.29 is 27.1 Å². The Morgan fingerprint density at radius 2 is 1.94 bits per heavy atom. The van der Waals surface area contributed by atoms with Gasteiger partial charge in [0.25, 0.3) is 6.43 Å². The summed E-state index contributed by atoms with van der Waals surface area (Å²) in [6, 6.07) is 0. The van der Waals surface area contributed by atoms with Crippen molar-refractivity contribution in [3.63, 3.8) is 0 Å². The minimum atomic E-state index is -4.91. The molecule has 0 unspecified atom stereocenters. The van der Waals surface area contributed by atoms with E-state index in [0.717, 1.165) is 0 Å². The van der Waals surface area contributed by atoms with Crippen LogP contribution in [0.1, 0.15) is 23.2 Å². The Morgan fingerprint density at radius 3 is 2.31 bits per heavy atom. The molecule has 1 rings (SSSR count). The van der Waals surface area contributed by atoms with Crippen LogP contribution in [-0.2, 0) is 12.8 Å². The Bertz CT molecular complexity index is 393. The molecular weight excluding hydrogens is 301 g/mol. The van der Waals surface area contributed by atoms with E-state index in [4.69, 9.17) is 5.11 Å². The first-order chi connectivity index (χ1) is 7.29. The zero-order valence-corrected chi connectivity index (χ0v) is 9.11. The molecule has 0 spiro atoms. The summed E-state index contributed by atoms with van der Waals surface area (Å²) in [6.45, 7) is -0.724. The lowest BCUT2D eigenvalue weighted by Crippen LogP contribution is -2.12. The highest BCUT2D eigenvalue weighted by Gasteiger charge is 2.38. The average molecular weight is 306 g/mol. The summed E-state index contributed by atoms with van der Waals surface area (Å²) in [5, 5.41) is 8.70. The van der Waals surface area contributed by atoms with Crippen LogP contribution in [0.2, 0.25) is 0 Å². The normalized spacial score (nSPS) is 12.2. The lowest BCUT2D eigenvalue weighted by atomic mass is 10.1. The predicted octanol–water partition coefficient (Wildman–Crippen LogP) is 3.29. The molecule has 0 amide bonds. The van der Waals surface area contributed by atoms with Gasteiger partial charge in [-0.25, -0.2) is 8.78 Å². The second-order valence-electron chi connectivity index (χ2n) is 2.80. The monoisotopic (exact) mass is 305 g/mol. The smallest absolute Gasteiger partial charge is 0.390 e. The summed E-state index contributed by atoms with van der Waals surface area (Å²) in [6.07, 6.45) is -7.92. The molecule has 0 aliphatic heterocycles. The Balaban J connectivity index is 3.47. The Labute approximate surface area is 95.2 Å². The number of halogens is 6. The van der Waals surface area contributed by atoms with Gasteiger partial charge >= 0.3 is 6.18 Å². The Kier molecular flexibility index (Phi) is 3.84. The van der Waals surface area contributed by atoms with E-state index in [2.05, 4.69) is 20.9 Å². The number of aromatic nitrogens is 1. The van der Waals surface area contributed by atoms with Crippen LogP contribution < -0.4 is 0 Å². The fourth-order valence-corrected chi connectivity index (χ4v) is 1.71. The summed E-state index contributed by atoms with van der Waals surface area (Å²) < 4.78 is 61.6. The Hall–Kier alpha value is -0.760. The molecule has 8 heteroatoms. The Morgan fingerprint density at radius 1 is 1.38 bits per heavy atom. The largest absolute Gasteiger partial charge is 0.418 e. The van der Waals surface area contributed by atoms with Gasteiger partial charge in [-0.1, -0.05) is 0 Å². The molecule has 1 aromatic rings. The zero-order chi connectivity index (χ0) is 12.5. The minimum absolute atomic E-state index is 0.261. The molecule has 0 atom stereocenters. The molecule has 16 heavy (non-hydrogen) atoms. The van der Waals surface area contributed by atoms with Crippen molar-refractivity contribution in [1.29, 1.82) is 0 Å². The highest BCUT2D eigenvalue weighted by atomic mass is 79.9. The molecule has 0 aliphatic rings. The van der Waals surface area contributed by atoms with Gasteiger partial charge in [0, 0.05) is 11.8 Å². The van der Waals surface area contributed by atoms with Gasteiger partial charge < -0.3 is 5.11 Å². The van der Waals surface area contributed by atoms with E-state index in [1.807, 2.05) is 0 Å². The van der Waals surface area contributed by atoms with E-state index >= 15 is 0 Å². The molecule has 0 aromatic carbocycles. The first-order valence-electron chi connectivity index (χ1n) is 3.92. The van der Waals surface area contributed by atoms with Crippen LogP contribution in [0, 0.1) is 0 Å². The fraction of sp³-hybridized carbons (Fsp3) is 0.375. The van der Waals surface area contributed by atoms with E-state index in [1.165, 1.54) is 0 Å². The van der Waals surface area contributed by atoms with Crippen molar-refractivity contribution in [2.24, 2.45) is 0 Å². The van der Waals surface area contributed by atoms with E-state index in [9.17, 15) is 22.0 Å². The van der Waals surface area contributed by atoms with Crippen LogP contribution in [0.4, 0.5) is 22.0 Å². The van der Waals surface area contributed by atoms with Crippen LogP contribution in [0.3, 0.4) is 0 Å². The third-order valence-corrected chi connectivity index (χ3v) is 2.69. The maximum atomic E-state index is 12.5. The molecule has 0 radical (unpaired) electrons. The maximum absolute atomic E-state index is 12.5. The van der Waals surface area contributed by atoms with Crippen LogP contribution in [0.5, 0.6) is 0 Å². The van der Waals surface area contributed by atoms with Crippen LogP contribution in [-0.4, -0.2) is 10.1 Å². The van der Waals surface area contributed by atoms with Crippen LogP contribution >= 0.6 is 15.9 Å². The van der Waals surface area contributed by atoms with E-state index in [0.29, 0.717) is 0 Å². The summed E-state index contributed by atoms with van der Waals surface area (Å²) in [5.41, 5.74) is -2.97. The molecule has 2 nitrogen and oxygen atoms in total. The molecule has 0 saturated heterocycles. The second-order valence-corrected chi connectivity index (χ2v) is 3.60. The standard InChI is InChI=1S/C8H5BrF5NO/c9-6-4(2-16)15-1-3(8(12,13)14)5(6)7(10)11/h1,7,16H,2H2. The van der Waals surface area contributed by atoms with Crippen molar-refractivity contribution >= 4 is 15.9 Å². The average Bonchev–Trinajstić information content (AvgIpc) is 2.15. The lowest BCUT2D eigenvalue weighted by Gasteiger charge is -2.14. The summed E-state index contributed by atoms with van der Waals surface area (Å²) in [7, 11) is 0. The number of aliphatic hydroxyl groups excluding tert-OH is 1. The molecule has 90 valence electrons. The maximum Gasteiger partial charge on any atom is 0.418 e.